The van der Waals surface area contributed by atoms with Gasteiger partial charge < -0.3 is 10.2 Å². The lowest BCUT2D eigenvalue weighted by Gasteiger charge is -2.57. The summed E-state index contributed by atoms with van der Waals surface area (Å²) in [5, 5.41) is 20.4. The summed E-state index contributed by atoms with van der Waals surface area (Å²) in [6.07, 6.45) is 5.10. The summed E-state index contributed by atoms with van der Waals surface area (Å²) in [5.74, 6) is 0.932. The number of aliphatic hydroxyl groups excluding tert-OH is 2. The highest BCUT2D eigenvalue weighted by molar-refractivity contribution is 5.94. The highest BCUT2D eigenvalue weighted by atomic mass is 16.3. The maximum absolute atomic E-state index is 12.9. The average molecular weight is 346 g/mol. The largest absolute Gasteiger partial charge is 0.390 e. The Labute approximate surface area is 149 Å². The van der Waals surface area contributed by atoms with Crippen molar-refractivity contribution in [3.05, 3.63) is 11.6 Å². The highest BCUT2D eigenvalue weighted by Crippen LogP contribution is 2.65. The minimum absolute atomic E-state index is 0.0234. The number of ketones is 2. The van der Waals surface area contributed by atoms with Crippen molar-refractivity contribution < 1.29 is 19.8 Å². The number of hydrogen-bond acceptors (Lipinski definition) is 4. The van der Waals surface area contributed by atoms with E-state index in [4.69, 9.17) is 0 Å². The molecule has 3 saturated carbocycles. The van der Waals surface area contributed by atoms with E-state index >= 15 is 0 Å². The number of aliphatic hydroxyl groups is 2. The van der Waals surface area contributed by atoms with Gasteiger partial charge in [0.15, 0.2) is 5.78 Å². The number of rotatable bonds is 1. The van der Waals surface area contributed by atoms with Crippen LogP contribution in [0, 0.1) is 34.5 Å². The molecule has 0 heterocycles. The number of fused-ring (bicyclic) bond motifs is 5. The third-order valence-corrected chi connectivity index (χ3v) is 8.42. The summed E-state index contributed by atoms with van der Waals surface area (Å²) in [6, 6.07) is 0. The Morgan fingerprint density at radius 3 is 2.40 bits per heavy atom. The quantitative estimate of drug-likeness (QED) is 0.765. The zero-order chi connectivity index (χ0) is 18.1. The molecule has 0 aliphatic heterocycles. The molecule has 4 rings (SSSR count). The molecule has 0 amide bonds. The third kappa shape index (κ3) is 2.26. The summed E-state index contributed by atoms with van der Waals surface area (Å²) < 4.78 is 0. The van der Waals surface area contributed by atoms with Crippen LogP contribution >= 0.6 is 0 Å². The van der Waals surface area contributed by atoms with E-state index in [1.807, 2.05) is 6.08 Å². The van der Waals surface area contributed by atoms with E-state index < -0.39 is 12.2 Å². The molecule has 0 spiro atoms. The van der Waals surface area contributed by atoms with Crippen molar-refractivity contribution >= 4 is 11.6 Å². The molecule has 4 heteroatoms. The van der Waals surface area contributed by atoms with Crippen LogP contribution in [0.2, 0.25) is 0 Å². The predicted molar refractivity (Wildman–Crippen MR) is 93.7 cm³/mol. The first kappa shape index (κ1) is 17.4. The van der Waals surface area contributed by atoms with Crippen LogP contribution in [0.4, 0.5) is 0 Å². The van der Waals surface area contributed by atoms with Crippen molar-refractivity contribution in [1.82, 2.24) is 0 Å². The second kappa shape index (κ2) is 5.50. The fraction of sp³-hybridized carbons (Fsp3) is 0.810. The minimum atomic E-state index is -0.792. The second-order valence-corrected chi connectivity index (χ2v) is 9.57. The van der Waals surface area contributed by atoms with Gasteiger partial charge in [0, 0.05) is 11.8 Å². The monoisotopic (exact) mass is 346 g/mol. The molecule has 25 heavy (non-hydrogen) atoms. The molecule has 3 fully saturated rings. The van der Waals surface area contributed by atoms with Crippen LogP contribution in [0.3, 0.4) is 0 Å². The summed E-state index contributed by atoms with van der Waals surface area (Å²) in [5.41, 5.74) is 0.949. The molecule has 0 radical (unpaired) electrons. The van der Waals surface area contributed by atoms with Gasteiger partial charge in [-0.1, -0.05) is 19.4 Å². The van der Waals surface area contributed by atoms with Gasteiger partial charge in [0.25, 0.3) is 0 Å². The first-order valence-corrected chi connectivity index (χ1v) is 9.80. The van der Waals surface area contributed by atoms with Gasteiger partial charge in [0.2, 0.25) is 0 Å². The highest BCUT2D eigenvalue weighted by Gasteiger charge is 2.60. The molecular formula is C21H30O4. The van der Waals surface area contributed by atoms with Crippen LogP contribution in [0.1, 0.15) is 59.3 Å². The first-order valence-electron chi connectivity index (χ1n) is 9.80. The molecular weight excluding hydrogens is 316 g/mol. The summed E-state index contributed by atoms with van der Waals surface area (Å²) in [7, 11) is 0. The van der Waals surface area contributed by atoms with Crippen LogP contribution in [0.15, 0.2) is 11.6 Å². The molecule has 4 aliphatic rings. The van der Waals surface area contributed by atoms with Crippen LogP contribution in [-0.4, -0.2) is 34.0 Å². The average Bonchev–Trinajstić information content (AvgIpc) is 2.88. The van der Waals surface area contributed by atoms with E-state index in [0.29, 0.717) is 24.7 Å². The van der Waals surface area contributed by atoms with E-state index in [1.54, 1.807) is 6.92 Å². The first-order chi connectivity index (χ1) is 11.7. The van der Waals surface area contributed by atoms with Gasteiger partial charge in [-0.2, -0.15) is 0 Å². The van der Waals surface area contributed by atoms with Crippen molar-refractivity contribution in [2.45, 2.75) is 71.5 Å². The van der Waals surface area contributed by atoms with Gasteiger partial charge in [-0.15, -0.1) is 0 Å². The fourth-order valence-corrected chi connectivity index (χ4v) is 7.06. The van der Waals surface area contributed by atoms with Gasteiger partial charge in [0.05, 0.1) is 12.2 Å². The molecule has 8 atom stereocenters. The van der Waals surface area contributed by atoms with Gasteiger partial charge in [-0.3, -0.25) is 9.59 Å². The topological polar surface area (TPSA) is 74.6 Å². The van der Waals surface area contributed by atoms with Crippen LogP contribution in [-0.2, 0) is 9.59 Å². The van der Waals surface area contributed by atoms with E-state index in [-0.39, 0.29) is 34.2 Å². The molecule has 0 bridgehead atoms. The van der Waals surface area contributed by atoms with Crippen molar-refractivity contribution in [3.63, 3.8) is 0 Å². The van der Waals surface area contributed by atoms with Gasteiger partial charge in [0.1, 0.15) is 5.78 Å². The zero-order valence-corrected chi connectivity index (χ0v) is 15.5. The Balaban J connectivity index is 1.74. The van der Waals surface area contributed by atoms with Crippen LogP contribution < -0.4 is 0 Å². The predicted octanol–water partition coefficient (Wildman–Crippen LogP) is 2.67. The Morgan fingerprint density at radius 2 is 1.72 bits per heavy atom. The van der Waals surface area contributed by atoms with Gasteiger partial charge in [-0.05, 0) is 74.2 Å². The van der Waals surface area contributed by atoms with Crippen molar-refractivity contribution in [3.8, 4) is 0 Å². The fourth-order valence-electron chi connectivity index (χ4n) is 7.06. The van der Waals surface area contributed by atoms with E-state index in [1.165, 1.54) is 5.57 Å². The number of hydrogen-bond donors (Lipinski definition) is 2. The molecule has 0 aromatic heterocycles. The molecule has 138 valence electrons. The number of carbonyl (C=O) groups is 2. The summed E-state index contributed by atoms with van der Waals surface area (Å²) in [4.78, 5) is 25.1. The molecule has 3 unspecified atom stereocenters. The summed E-state index contributed by atoms with van der Waals surface area (Å²) >= 11 is 0. The van der Waals surface area contributed by atoms with Crippen molar-refractivity contribution in [2.75, 3.05) is 0 Å². The van der Waals surface area contributed by atoms with E-state index in [9.17, 15) is 19.8 Å². The SMILES string of the molecule is CC(=O)[C@H]1CCC2C3=CC(=O)[C@@H]4C[C@@H](O)C(O)C[C@]4(C)C3CC[C@@]21C. The van der Waals surface area contributed by atoms with Crippen molar-refractivity contribution in [1.29, 1.82) is 0 Å². The maximum Gasteiger partial charge on any atom is 0.159 e. The number of allylic oxidation sites excluding steroid dienone is 2. The lowest BCUT2D eigenvalue weighted by Crippen LogP contribution is -2.55. The normalized spacial score (nSPS) is 52.0. The number of Topliss-reactive ketones (excluding diaryl/α,β-unsaturated/α-hetero) is 1. The maximum atomic E-state index is 12.9. The Hall–Kier alpha value is -1.00. The van der Waals surface area contributed by atoms with Crippen LogP contribution in [0.5, 0.6) is 0 Å². The lowest BCUT2D eigenvalue weighted by atomic mass is 9.47. The third-order valence-electron chi connectivity index (χ3n) is 8.42. The smallest absolute Gasteiger partial charge is 0.159 e. The van der Waals surface area contributed by atoms with Crippen molar-refractivity contribution in [2.24, 2.45) is 34.5 Å². The molecule has 4 aliphatic carbocycles. The molecule has 0 saturated heterocycles. The van der Waals surface area contributed by atoms with E-state index in [2.05, 4.69) is 13.8 Å². The summed E-state index contributed by atoms with van der Waals surface area (Å²) in [6.45, 7) is 6.09. The Morgan fingerprint density at radius 1 is 1.04 bits per heavy atom. The van der Waals surface area contributed by atoms with Gasteiger partial charge in [-0.25, -0.2) is 0 Å². The molecule has 0 aromatic rings. The zero-order valence-electron chi connectivity index (χ0n) is 15.5. The lowest BCUT2D eigenvalue weighted by molar-refractivity contribution is -0.143. The Bertz CT molecular complexity index is 652. The molecule has 2 N–H and O–H groups in total. The minimum Gasteiger partial charge on any atom is -0.390 e. The molecule has 0 aromatic carbocycles. The number of carbonyl (C=O) groups excluding carboxylic acids is 2. The second-order valence-electron chi connectivity index (χ2n) is 9.57. The van der Waals surface area contributed by atoms with E-state index in [0.717, 1.165) is 25.7 Å². The molecule has 4 nitrogen and oxygen atoms in total. The standard InChI is InChI=1S/C21H30O4/c1-11(22)13-4-5-14-12-8-17(23)16-9-18(24)19(25)10-21(16,3)15(12)6-7-20(13,14)2/h8,13-16,18-19,24-25H,4-7,9-10H2,1-3H3/t13-,14?,15?,16+,18-,19?,20-,21-/m1/s1. The van der Waals surface area contributed by atoms with Gasteiger partial charge >= 0.3 is 0 Å². The Kier molecular flexibility index (Phi) is 3.83. The van der Waals surface area contributed by atoms with Crippen LogP contribution in [0.25, 0.3) is 0 Å².